The maximum Gasteiger partial charge on any atom is 0.148 e. The van der Waals surface area contributed by atoms with Crippen molar-refractivity contribution in [1.29, 1.82) is 0 Å². The van der Waals surface area contributed by atoms with Gasteiger partial charge >= 0.3 is 0 Å². The van der Waals surface area contributed by atoms with Crippen molar-refractivity contribution in [2.75, 3.05) is 22.8 Å². The van der Waals surface area contributed by atoms with Crippen LogP contribution in [0.4, 0.5) is 11.6 Å². The van der Waals surface area contributed by atoms with Gasteiger partial charge in [-0.3, -0.25) is 0 Å². The van der Waals surface area contributed by atoms with Crippen molar-refractivity contribution >= 4 is 23.4 Å². The number of anilines is 2. The molecule has 1 unspecified atom stereocenters. The lowest BCUT2D eigenvalue weighted by molar-refractivity contribution is 0.866. The third-order valence-corrected chi connectivity index (χ3v) is 3.88. The van der Waals surface area contributed by atoms with Gasteiger partial charge in [0.05, 0.1) is 0 Å². The van der Waals surface area contributed by atoms with Gasteiger partial charge in [0.25, 0.3) is 0 Å². The van der Waals surface area contributed by atoms with Gasteiger partial charge in [0.2, 0.25) is 0 Å². The van der Waals surface area contributed by atoms with Crippen molar-refractivity contribution in [2.24, 2.45) is 5.84 Å². The number of nitrogens with zero attached hydrogens (tertiary/aromatic N) is 2. The quantitative estimate of drug-likeness (QED) is 0.541. The standard InChI is InChI=1S/C12H21N5S/c1-7(6-18-3)14-10-8(2)11(17-13)16-12(15-10)9-4-5-9/h7,9H,4-6,13H2,1-3H3,(H2,14,15,16,17). The number of hydrogen-bond acceptors (Lipinski definition) is 6. The van der Waals surface area contributed by atoms with Crippen molar-refractivity contribution < 1.29 is 0 Å². The Morgan fingerprint density at radius 2 is 2.06 bits per heavy atom. The first-order valence-corrected chi connectivity index (χ1v) is 7.65. The molecule has 5 nitrogen and oxygen atoms in total. The summed E-state index contributed by atoms with van der Waals surface area (Å²) >= 11 is 1.82. The van der Waals surface area contributed by atoms with E-state index in [2.05, 4.69) is 33.9 Å². The van der Waals surface area contributed by atoms with E-state index in [1.165, 1.54) is 12.8 Å². The Labute approximate surface area is 112 Å². The molecule has 0 aromatic carbocycles. The van der Waals surface area contributed by atoms with Crippen molar-refractivity contribution in [3.8, 4) is 0 Å². The first-order valence-electron chi connectivity index (χ1n) is 6.26. The second-order valence-corrected chi connectivity index (χ2v) is 5.73. The first-order chi connectivity index (χ1) is 8.65. The molecule has 1 aliphatic rings. The molecule has 0 aliphatic heterocycles. The van der Waals surface area contributed by atoms with Crippen LogP contribution in [0, 0.1) is 6.92 Å². The highest BCUT2D eigenvalue weighted by Crippen LogP contribution is 2.39. The summed E-state index contributed by atoms with van der Waals surface area (Å²) in [5.41, 5.74) is 3.65. The largest absolute Gasteiger partial charge is 0.366 e. The molecule has 100 valence electrons. The number of aromatic nitrogens is 2. The minimum Gasteiger partial charge on any atom is -0.366 e. The summed E-state index contributed by atoms with van der Waals surface area (Å²) < 4.78 is 0. The summed E-state index contributed by atoms with van der Waals surface area (Å²) in [6, 6.07) is 0.381. The lowest BCUT2D eigenvalue weighted by Gasteiger charge is -2.17. The predicted molar refractivity (Wildman–Crippen MR) is 78.0 cm³/mol. The fourth-order valence-electron chi connectivity index (χ4n) is 1.86. The maximum absolute atomic E-state index is 5.53. The van der Waals surface area contributed by atoms with Crippen LogP contribution >= 0.6 is 11.8 Å². The van der Waals surface area contributed by atoms with E-state index in [-0.39, 0.29) is 0 Å². The van der Waals surface area contributed by atoms with Crippen LogP contribution in [0.3, 0.4) is 0 Å². The molecule has 1 saturated carbocycles. The lowest BCUT2D eigenvalue weighted by Crippen LogP contribution is -2.21. The zero-order valence-electron chi connectivity index (χ0n) is 11.2. The van der Waals surface area contributed by atoms with E-state index in [0.29, 0.717) is 12.0 Å². The van der Waals surface area contributed by atoms with Gasteiger partial charge in [-0.1, -0.05) is 0 Å². The molecule has 1 heterocycles. The Balaban J connectivity index is 2.23. The number of thioether (sulfide) groups is 1. The van der Waals surface area contributed by atoms with Crippen LogP contribution in [0.25, 0.3) is 0 Å². The fraction of sp³-hybridized carbons (Fsp3) is 0.667. The average molecular weight is 267 g/mol. The molecular weight excluding hydrogens is 246 g/mol. The molecule has 1 aromatic rings. The topological polar surface area (TPSA) is 75.9 Å². The summed E-state index contributed by atoms with van der Waals surface area (Å²) in [6.07, 6.45) is 4.48. The van der Waals surface area contributed by atoms with Crippen molar-refractivity contribution in [2.45, 2.75) is 38.6 Å². The van der Waals surface area contributed by atoms with Gasteiger partial charge in [-0.15, -0.1) is 0 Å². The molecule has 0 spiro atoms. The van der Waals surface area contributed by atoms with Gasteiger partial charge in [0, 0.05) is 23.3 Å². The minimum atomic E-state index is 0.381. The summed E-state index contributed by atoms with van der Waals surface area (Å²) in [7, 11) is 0. The Kier molecular flexibility index (Phi) is 4.29. The fourth-order valence-corrected chi connectivity index (χ4v) is 2.45. The van der Waals surface area contributed by atoms with E-state index < -0.39 is 0 Å². The summed E-state index contributed by atoms with van der Waals surface area (Å²) in [5.74, 6) is 9.64. The summed E-state index contributed by atoms with van der Waals surface area (Å²) in [4.78, 5) is 9.11. The van der Waals surface area contributed by atoms with Crippen LogP contribution in [0.15, 0.2) is 0 Å². The smallest absolute Gasteiger partial charge is 0.148 e. The lowest BCUT2D eigenvalue weighted by atomic mass is 10.2. The number of hydrazine groups is 1. The summed E-state index contributed by atoms with van der Waals surface area (Å²) in [6.45, 7) is 4.14. The Hall–Kier alpha value is -1.01. The van der Waals surface area contributed by atoms with E-state index in [4.69, 9.17) is 5.84 Å². The highest BCUT2D eigenvalue weighted by atomic mass is 32.2. The van der Waals surface area contributed by atoms with Crippen LogP contribution in [0.1, 0.15) is 37.1 Å². The summed E-state index contributed by atoms with van der Waals surface area (Å²) in [5, 5.41) is 3.44. The molecule has 0 bridgehead atoms. The van der Waals surface area contributed by atoms with Gasteiger partial charge in [-0.05, 0) is 32.9 Å². The molecule has 0 amide bonds. The number of hydrogen-bond donors (Lipinski definition) is 3. The average Bonchev–Trinajstić information content (AvgIpc) is 3.16. The third kappa shape index (κ3) is 3.05. The number of nitrogens with two attached hydrogens (primary N) is 1. The van der Waals surface area contributed by atoms with E-state index in [9.17, 15) is 0 Å². The highest BCUT2D eigenvalue weighted by molar-refractivity contribution is 7.98. The van der Waals surface area contributed by atoms with Crippen molar-refractivity contribution in [1.82, 2.24) is 9.97 Å². The third-order valence-electron chi connectivity index (χ3n) is 3.04. The van der Waals surface area contributed by atoms with Crippen LogP contribution in [-0.4, -0.2) is 28.0 Å². The highest BCUT2D eigenvalue weighted by Gasteiger charge is 2.28. The molecule has 0 radical (unpaired) electrons. The molecule has 0 saturated heterocycles. The Morgan fingerprint density at radius 3 is 2.61 bits per heavy atom. The number of rotatable bonds is 6. The van der Waals surface area contributed by atoms with Crippen LogP contribution in [0.5, 0.6) is 0 Å². The van der Waals surface area contributed by atoms with Crippen LogP contribution in [0.2, 0.25) is 0 Å². The van der Waals surface area contributed by atoms with E-state index >= 15 is 0 Å². The van der Waals surface area contributed by atoms with Gasteiger partial charge in [-0.25, -0.2) is 15.8 Å². The first kappa shape index (κ1) is 13.4. The molecule has 1 atom stereocenters. The van der Waals surface area contributed by atoms with Gasteiger partial charge in [-0.2, -0.15) is 11.8 Å². The van der Waals surface area contributed by atoms with Crippen molar-refractivity contribution in [3.63, 3.8) is 0 Å². The number of nitrogen functional groups attached to an aromatic ring is 1. The molecule has 4 N–H and O–H groups in total. The van der Waals surface area contributed by atoms with E-state index in [0.717, 1.165) is 28.8 Å². The number of nitrogens with one attached hydrogen (secondary N) is 2. The molecule has 1 aromatic heterocycles. The molecule has 1 aliphatic carbocycles. The van der Waals surface area contributed by atoms with Gasteiger partial charge in [0.15, 0.2) is 0 Å². The Bertz CT molecular complexity index is 419. The predicted octanol–water partition coefficient (Wildman–Crippen LogP) is 2.11. The Morgan fingerprint density at radius 1 is 1.39 bits per heavy atom. The van der Waals surface area contributed by atoms with E-state index in [1.807, 2.05) is 18.7 Å². The zero-order valence-corrected chi connectivity index (χ0v) is 12.0. The van der Waals surface area contributed by atoms with Crippen molar-refractivity contribution in [3.05, 3.63) is 11.4 Å². The molecule has 6 heteroatoms. The zero-order chi connectivity index (χ0) is 13.1. The molecule has 18 heavy (non-hydrogen) atoms. The van der Waals surface area contributed by atoms with Gasteiger partial charge < -0.3 is 10.7 Å². The SMILES string of the molecule is CSCC(C)Nc1nc(C2CC2)nc(NN)c1C. The van der Waals surface area contributed by atoms with Gasteiger partial charge in [0.1, 0.15) is 17.5 Å². The van der Waals surface area contributed by atoms with Crippen LogP contribution in [-0.2, 0) is 0 Å². The van der Waals surface area contributed by atoms with E-state index in [1.54, 1.807) is 0 Å². The second kappa shape index (κ2) is 5.75. The minimum absolute atomic E-state index is 0.381. The monoisotopic (exact) mass is 267 g/mol. The normalized spacial score (nSPS) is 16.4. The second-order valence-electron chi connectivity index (χ2n) is 4.82. The maximum atomic E-state index is 5.53. The van der Waals surface area contributed by atoms with Crippen LogP contribution < -0.4 is 16.6 Å². The molecular formula is C12H21N5S. The molecule has 2 rings (SSSR count). The molecule has 1 fully saturated rings.